The van der Waals surface area contributed by atoms with Gasteiger partial charge in [0.2, 0.25) is 0 Å². The van der Waals surface area contributed by atoms with Gasteiger partial charge >= 0.3 is 5.97 Å². The Morgan fingerprint density at radius 1 is 1.18 bits per heavy atom. The number of carboxylic acid groups (broad SMARTS) is 1. The number of hydrogen-bond donors (Lipinski definition) is 2. The molecule has 0 aliphatic rings. The molecular formula is C12H13N3O2. The normalized spacial score (nSPS) is 9.00. The Kier molecular flexibility index (Phi) is 5.33. The zero-order valence-electron chi connectivity index (χ0n) is 9.15. The summed E-state index contributed by atoms with van der Waals surface area (Å²) in [5.74, 6) is -0.942. The summed E-state index contributed by atoms with van der Waals surface area (Å²) in [7, 11) is 0. The van der Waals surface area contributed by atoms with E-state index in [4.69, 9.17) is 10.8 Å². The molecule has 0 radical (unpaired) electrons. The fourth-order valence-corrected chi connectivity index (χ4v) is 1.01. The first kappa shape index (κ1) is 12.8. The summed E-state index contributed by atoms with van der Waals surface area (Å²) >= 11 is 0. The number of nitrogens with zero attached hydrogens (tertiary/aromatic N) is 2. The Balaban J connectivity index is 0.000000171. The average Bonchev–Trinajstić information content (AvgIpc) is 2.41. The van der Waals surface area contributed by atoms with Crippen molar-refractivity contribution in [2.75, 3.05) is 0 Å². The third kappa shape index (κ3) is 4.85. The Morgan fingerprint density at radius 2 is 1.82 bits per heavy atom. The van der Waals surface area contributed by atoms with Crippen LogP contribution >= 0.6 is 0 Å². The molecule has 0 saturated carbocycles. The van der Waals surface area contributed by atoms with Crippen molar-refractivity contribution < 1.29 is 9.90 Å². The van der Waals surface area contributed by atoms with E-state index in [0.717, 1.165) is 5.56 Å². The summed E-state index contributed by atoms with van der Waals surface area (Å²) in [5.41, 5.74) is 6.61. The fourth-order valence-electron chi connectivity index (χ4n) is 1.01. The summed E-state index contributed by atoms with van der Waals surface area (Å²) in [4.78, 5) is 17.7. The Labute approximate surface area is 99.0 Å². The summed E-state index contributed by atoms with van der Waals surface area (Å²) in [5, 5.41) is 8.34. The van der Waals surface area contributed by atoms with Gasteiger partial charge in [0.25, 0.3) is 0 Å². The molecule has 2 aromatic rings. The van der Waals surface area contributed by atoms with Crippen LogP contribution in [-0.4, -0.2) is 21.0 Å². The van der Waals surface area contributed by atoms with Gasteiger partial charge in [-0.05, 0) is 23.8 Å². The second-order valence-corrected chi connectivity index (χ2v) is 3.11. The maximum atomic E-state index is 10.2. The molecule has 5 nitrogen and oxygen atoms in total. The standard InChI is InChI=1S/C6H8N2.C6H5NO2/c7-4-6-2-1-3-8-5-6;8-6(9)5-2-1-3-7-4-5/h1-3,5H,4,7H2;1-4H,(H,8,9). The van der Waals surface area contributed by atoms with Crippen LogP contribution in [-0.2, 0) is 6.54 Å². The fraction of sp³-hybridized carbons (Fsp3) is 0.0833. The second-order valence-electron chi connectivity index (χ2n) is 3.11. The van der Waals surface area contributed by atoms with E-state index in [1.165, 1.54) is 18.5 Å². The summed E-state index contributed by atoms with van der Waals surface area (Å²) in [6.07, 6.45) is 6.34. The minimum atomic E-state index is -0.942. The van der Waals surface area contributed by atoms with Gasteiger partial charge in [-0.1, -0.05) is 6.07 Å². The molecule has 0 unspecified atom stereocenters. The van der Waals surface area contributed by atoms with Crippen LogP contribution in [0.5, 0.6) is 0 Å². The predicted octanol–water partition coefficient (Wildman–Crippen LogP) is 1.32. The smallest absolute Gasteiger partial charge is 0.337 e. The quantitative estimate of drug-likeness (QED) is 0.813. The highest BCUT2D eigenvalue weighted by Crippen LogP contribution is 1.93. The van der Waals surface area contributed by atoms with Gasteiger partial charge in [0, 0.05) is 31.3 Å². The summed E-state index contributed by atoms with van der Waals surface area (Å²) in [6, 6.07) is 6.91. The van der Waals surface area contributed by atoms with Crippen molar-refractivity contribution in [2.45, 2.75) is 6.54 Å². The maximum Gasteiger partial charge on any atom is 0.337 e. The highest BCUT2D eigenvalue weighted by molar-refractivity contribution is 5.86. The number of aromatic nitrogens is 2. The molecule has 0 aliphatic carbocycles. The number of aromatic carboxylic acids is 1. The third-order valence-electron chi connectivity index (χ3n) is 1.87. The van der Waals surface area contributed by atoms with Crippen molar-refractivity contribution in [2.24, 2.45) is 5.73 Å². The Bertz CT molecular complexity index is 446. The topological polar surface area (TPSA) is 89.1 Å². The molecule has 5 heteroatoms. The molecule has 88 valence electrons. The van der Waals surface area contributed by atoms with Gasteiger partial charge in [-0.15, -0.1) is 0 Å². The Hall–Kier alpha value is -2.27. The average molecular weight is 231 g/mol. The molecule has 0 amide bonds. The number of carboxylic acids is 1. The van der Waals surface area contributed by atoms with Crippen molar-refractivity contribution in [3.63, 3.8) is 0 Å². The minimum absolute atomic E-state index is 0.220. The van der Waals surface area contributed by atoms with Crippen LogP contribution in [0.4, 0.5) is 0 Å². The van der Waals surface area contributed by atoms with Gasteiger partial charge in [-0.2, -0.15) is 0 Å². The molecule has 0 atom stereocenters. The van der Waals surface area contributed by atoms with Crippen molar-refractivity contribution in [3.05, 3.63) is 60.2 Å². The molecule has 2 heterocycles. The molecule has 17 heavy (non-hydrogen) atoms. The maximum absolute atomic E-state index is 10.2. The lowest BCUT2D eigenvalue weighted by molar-refractivity contribution is 0.0696. The molecule has 2 aromatic heterocycles. The minimum Gasteiger partial charge on any atom is -0.478 e. The van der Waals surface area contributed by atoms with Crippen LogP contribution < -0.4 is 5.73 Å². The van der Waals surface area contributed by atoms with E-state index in [9.17, 15) is 4.79 Å². The molecule has 0 bridgehead atoms. The SMILES string of the molecule is NCc1cccnc1.O=C(O)c1cccnc1. The number of rotatable bonds is 2. The van der Waals surface area contributed by atoms with E-state index >= 15 is 0 Å². The third-order valence-corrected chi connectivity index (χ3v) is 1.87. The number of carbonyl (C=O) groups is 1. The molecule has 0 aromatic carbocycles. The Morgan fingerprint density at radius 3 is 2.12 bits per heavy atom. The summed E-state index contributed by atoms with van der Waals surface area (Å²) in [6.45, 7) is 0.577. The van der Waals surface area contributed by atoms with Gasteiger partial charge in [0.1, 0.15) is 0 Å². The van der Waals surface area contributed by atoms with Crippen LogP contribution in [0.2, 0.25) is 0 Å². The van der Waals surface area contributed by atoms with Crippen LogP contribution in [0.1, 0.15) is 15.9 Å². The lowest BCUT2D eigenvalue weighted by atomic mass is 10.3. The van der Waals surface area contributed by atoms with Crippen molar-refractivity contribution >= 4 is 5.97 Å². The highest BCUT2D eigenvalue weighted by Gasteiger charge is 1.97. The first-order chi connectivity index (χ1) is 8.24. The van der Waals surface area contributed by atoms with Crippen LogP contribution in [0, 0.1) is 0 Å². The number of hydrogen-bond acceptors (Lipinski definition) is 4. The van der Waals surface area contributed by atoms with Crippen molar-refractivity contribution in [1.29, 1.82) is 0 Å². The number of pyridine rings is 2. The molecule has 2 rings (SSSR count). The number of nitrogens with two attached hydrogens (primary N) is 1. The van der Waals surface area contributed by atoms with E-state index < -0.39 is 5.97 Å². The largest absolute Gasteiger partial charge is 0.478 e. The van der Waals surface area contributed by atoms with Crippen LogP contribution in [0.25, 0.3) is 0 Å². The molecule has 0 saturated heterocycles. The molecule has 0 spiro atoms. The van der Waals surface area contributed by atoms with E-state index in [-0.39, 0.29) is 5.56 Å². The van der Waals surface area contributed by atoms with Crippen molar-refractivity contribution in [3.8, 4) is 0 Å². The molecule has 3 N–H and O–H groups in total. The highest BCUT2D eigenvalue weighted by atomic mass is 16.4. The lowest BCUT2D eigenvalue weighted by Gasteiger charge is -1.89. The molecule has 0 aliphatic heterocycles. The monoisotopic (exact) mass is 231 g/mol. The van der Waals surface area contributed by atoms with Gasteiger partial charge < -0.3 is 10.8 Å². The zero-order valence-corrected chi connectivity index (χ0v) is 9.15. The van der Waals surface area contributed by atoms with Gasteiger partial charge in [-0.25, -0.2) is 4.79 Å². The van der Waals surface area contributed by atoms with Gasteiger partial charge in [0.05, 0.1) is 5.56 Å². The van der Waals surface area contributed by atoms with E-state index in [1.54, 1.807) is 18.5 Å². The summed E-state index contributed by atoms with van der Waals surface area (Å²) < 4.78 is 0. The van der Waals surface area contributed by atoms with Crippen LogP contribution in [0.3, 0.4) is 0 Å². The predicted molar refractivity (Wildman–Crippen MR) is 63.3 cm³/mol. The first-order valence-electron chi connectivity index (χ1n) is 4.96. The first-order valence-corrected chi connectivity index (χ1v) is 4.96. The van der Waals surface area contributed by atoms with Crippen LogP contribution in [0.15, 0.2) is 49.1 Å². The zero-order chi connectivity index (χ0) is 12.5. The van der Waals surface area contributed by atoms with E-state index in [2.05, 4.69) is 9.97 Å². The van der Waals surface area contributed by atoms with Gasteiger partial charge in [0.15, 0.2) is 0 Å². The lowest BCUT2D eigenvalue weighted by Crippen LogP contribution is -1.95. The molecule has 0 fully saturated rings. The van der Waals surface area contributed by atoms with E-state index in [0.29, 0.717) is 6.54 Å². The van der Waals surface area contributed by atoms with Crippen molar-refractivity contribution in [1.82, 2.24) is 9.97 Å². The second kappa shape index (κ2) is 7.08. The van der Waals surface area contributed by atoms with E-state index in [1.807, 2.05) is 12.1 Å². The van der Waals surface area contributed by atoms with Gasteiger partial charge in [-0.3, -0.25) is 9.97 Å². The molecular weight excluding hydrogens is 218 g/mol.